The summed E-state index contributed by atoms with van der Waals surface area (Å²) in [6, 6.07) is 9.87. The van der Waals surface area contributed by atoms with Crippen LogP contribution in [0.15, 0.2) is 36.5 Å². The van der Waals surface area contributed by atoms with Crippen LogP contribution in [0.25, 0.3) is 0 Å². The first-order valence-electron chi connectivity index (χ1n) is 6.74. The van der Waals surface area contributed by atoms with Gasteiger partial charge in [-0.15, -0.1) is 0 Å². The van der Waals surface area contributed by atoms with Crippen LogP contribution < -0.4 is 10.6 Å². The predicted molar refractivity (Wildman–Crippen MR) is 81.3 cm³/mol. The summed E-state index contributed by atoms with van der Waals surface area (Å²) in [5.41, 5.74) is 2.09. The Kier molecular flexibility index (Phi) is 5.32. The maximum atomic E-state index is 5.20. The average Bonchev–Trinajstić information content (AvgIpc) is 2.48. The van der Waals surface area contributed by atoms with Crippen molar-refractivity contribution in [3.8, 4) is 0 Å². The zero-order chi connectivity index (χ0) is 14.2. The molecule has 0 aliphatic heterocycles. The highest BCUT2D eigenvalue weighted by Gasteiger charge is 2.03. The van der Waals surface area contributed by atoms with E-state index in [-0.39, 0.29) is 0 Å². The van der Waals surface area contributed by atoms with E-state index < -0.39 is 0 Å². The Labute approximate surface area is 119 Å². The molecular formula is C15H20N4O. The molecule has 2 aromatic rings. The molecule has 0 aliphatic rings. The minimum atomic E-state index is 0.565. The van der Waals surface area contributed by atoms with Crippen molar-refractivity contribution in [1.82, 2.24) is 9.97 Å². The summed E-state index contributed by atoms with van der Waals surface area (Å²) in [6.07, 6.45) is 2.78. The van der Waals surface area contributed by atoms with Crippen LogP contribution in [-0.2, 0) is 11.3 Å². The molecule has 0 aliphatic carbocycles. The van der Waals surface area contributed by atoms with Gasteiger partial charge in [-0.25, -0.2) is 4.98 Å². The second-order valence-corrected chi connectivity index (χ2v) is 4.41. The quantitative estimate of drug-likeness (QED) is 0.810. The first-order chi connectivity index (χ1) is 9.83. The van der Waals surface area contributed by atoms with Crippen molar-refractivity contribution >= 4 is 17.5 Å². The number of benzene rings is 1. The van der Waals surface area contributed by atoms with Crippen molar-refractivity contribution in [2.45, 2.75) is 20.0 Å². The smallest absolute Gasteiger partial charge is 0.224 e. The summed E-state index contributed by atoms with van der Waals surface area (Å²) in [5.74, 6) is 1.41. The Balaban J connectivity index is 2.13. The van der Waals surface area contributed by atoms with Gasteiger partial charge in [0, 0.05) is 31.1 Å². The van der Waals surface area contributed by atoms with Gasteiger partial charge in [0.05, 0.1) is 6.61 Å². The molecule has 106 valence electrons. The van der Waals surface area contributed by atoms with Crippen LogP contribution in [-0.4, -0.2) is 23.6 Å². The molecule has 0 saturated carbocycles. The van der Waals surface area contributed by atoms with Crippen molar-refractivity contribution in [2.75, 3.05) is 24.3 Å². The topological polar surface area (TPSA) is 59.1 Å². The molecule has 5 heteroatoms. The monoisotopic (exact) mass is 272 g/mol. The Morgan fingerprint density at radius 2 is 2.05 bits per heavy atom. The summed E-state index contributed by atoms with van der Waals surface area (Å²) in [4.78, 5) is 8.62. The highest BCUT2D eigenvalue weighted by atomic mass is 16.5. The van der Waals surface area contributed by atoms with Gasteiger partial charge in [0.2, 0.25) is 5.95 Å². The van der Waals surface area contributed by atoms with Crippen molar-refractivity contribution in [3.05, 3.63) is 42.1 Å². The molecule has 5 nitrogen and oxygen atoms in total. The molecule has 0 radical (unpaired) electrons. The van der Waals surface area contributed by atoms with Gasteiger partial charge >= 0.3 is 0 Å². The predicted octanol–water partition coefficient (Wildman–Crippen LogP) is 3.19. The molecule has 1 aromatic heterocycles. The van der Waals surface area contributed by atoms with Crippen molar-refractivity contribution < 1.29 is 4.74 Å². The van der Waals surface area contributed by atoms with E-state index in [4.69, 9.17) is 4.74 Å². The van der Waals surface area contributed by atoms with E-state index in [9.17, 15) is 0 Å². The highest BCUT2D eigenvalue weighted by molar-refractivity contribution is 5.60. The molecule has 0 amide bonds. The summed E-state index contributed by atoms with van der Waals surface area (Å²) < 4.78 is 5.20. The van der Waals surface area contributed by atoms with Gasteiger partial charge in [0.1, 0.15) is 5.82 Å². The minimum absolute atomic E-state index is 0.565. The SMILES string of the molecule is CCCNc1nccc(Nc2ccccc2COC)n1. The van der Waals surface area contributed by atoms with Gasteiger partial charge in [-0.05, 0) is 18.6 Å². The van der Waals surface area contributed by atoms with Gasteiger partial charge < -0.3 is 15.4 Å². The highest BCUT2D eigenvalue weighted by Crippen LogP contribution is 2.20. The normalized spacial score (nSPS) is 10.3. The second-order valence-electron chi connectivity index (χ2n) is 4.41. The molecule has 2 rings (SSSR count). The molecule has 0 atom stereocenters. The van der Waals surface area contributed by atoms with Gasteiger partial charge in [-0.3, -0.25) is 0 Å². The van der Waals surface area contributed by atoms with E-state index in [0.29, 0.717) is 12.6 Å². The van der Waals surface area contributed by atoms with Gasteiger partial charge in [0.15, 0.2) is 0 Å². The van der Waals surface area contributed by atoms with E-state index in [0.717, 1.165) is 30.0 Å². The van der Waals surface area contributed by atoms with E-state index in [1.54, 1.807) is 13.3 Å². The number of aromatic nitrogens is 2. The Morgan fingerprint density at radius 1 is 1.20 bits per heavy atom. The Bertz CT molecular complexity index is 545. The van der Waals surface area contributed by atoms with E-state index in [2.05, 4.69) is 27.5 Å². The van der Waals surface area contributed by atoms with E-state index in [1.165, 1.54) is 0 Å². The van der Waals surface area contributed by atoms with Crippen molar-refractivity contribution in [2.24, 2.45) is 0 Å². The zero-order valence-electron chi connectivity index (χ0n) is 11.9. The molecule has 2 N–H and O–H groups in total. The third kappa shape index (κ3) is 3.93. The van der Waals surface area contributed by atoms with Crippen LogP contribution in [0.5, 0.6) is 0 Å². The van der Waals surface area contributed by atoms with Crippen LogP contribution in [0, 0.1) is 0 Å². The molecule has 0 bridgehead atoms. The first kappa shape index (κ1) is 14.3. The lowest BCUT2D eigenvalue weighted by Gasteiger charge is -2.11. The number of hydrogen-bond acceptors (Lipinski definition) is 5. The molecular weight excluding hydrogens is 252 g/mol. The van der Waals surface area contributed by atoms with E-state index >= 15 is 0 Å². The average molecular weight is 272 g/mol. The standard InChI is InChI=1S/C15H20N4O/c1-3-9-16-15-17-10-8-14(19-15)18-13-7-5-4-6-12(13)11-20-2/h4-8,10H,3,9,11H2,1-2H3,(H2,16,17,18,19). The number of hydrogen-bond donors (Lipinski definition) is 2. The molecule has 0 saturated heterocycles. The van der Waals surface area contributed by atoms with Gasteiger partial charge in [-0.2, -0.15) is 4.98 Å². The Morgan fingerprint density at radius 3 is 2.85 bits per heavy atom. The molecule has 1 heterocycles. The molecule has 0 unspecified atom stereocenters. The van der Waals surface area contributed by atoms with Crippen LogP contribution in [0.3, 0.4) is 0 Å². The van der Waals surface area contributed by atoms with Gasteiger partial charge in [-0.1, -0.05) is 25.1 Å². The number of nitrogens with zero attached hydrogens (tertiary/aromatic N) is 2. The largest absolute Gasteiger partial charge is 0.380 e. The number of anilines is 3. The van der Waals surface area contributed by atoms with E-state index in [1.807, 2.05) is 30.3 Å². The fourth-order valence-electron chi connectivity index (χ4n) is 1.81. The number of rotatable bonds is 7. The molecule has 0 spiro atoms. The lowest BCUT2D eigenvalue weighted by molar-refractivity contribution is 0.185. The maximum absolute atomic E-state index is 5.20. The molecule has 1 aromatic carbocycles. The third-order valence-electron chi connectivity index (χ3n) is 2.77. The summed E-state index contributed by atoms with van der Waals surface area (Å²) >= 11 is 0. The van der Waals surface area contributed by atoms with Crippen LogP contribution in [0.1, 0.15) is 18.9 Å². The van der Waals surface area contributed by atoms with Crippen LogP contribution >= 0.6 is 0 Å². The minimum Gasteiger partial charge on any atom is -0.380 e. The summed E-state index contributed by atoms with van der Waals surface area (Å²) in [6.45, 7) is 3.54. The van der Waals surface area contributed by atoms with Crippen LogP contribution in [0.4, 0.5) is 17.5 Å². The fraction of sp³-hybridized carbons (Fsp3) is 0.333. The summed E-state index contributed by atoms with van der Waals surface area (Å²) in [7, 11) is 1.69. The number of ether oxygens (including phenoxy) is 1. The fourth-order valence-corrected chi connectivity index (χ4v) is 1.81. The molecule has 0 fully saturated rings. The maximum Gasteiger partial charge on any atom is 0.224 e. The lowest BCUT2D eigenvalue weighted by atomic mass is 10.2. The first-order valence-corrected chi connectivity index (χ1v) is 6.74. The zero-order valence-corrected chi connectivity index (χ0v) is 11.9. The lowest BCUT2D eigenvalue weighted by Crippen LogP contribution is -2.06. The van der Waals surface area contributed by atoms with Crippen LogP contribution in [0.2, 0.25) is 0 Å². The third-order valence-corrected chi connectivity index (χ3v) is 2.77. The van der Waals surface area contributed by atoms with Gasteiger partial charge in [0.25, 0.3) is 0 Å². The Hall–Kier alpha value is -2.14. The molecule has 20 heavy (non-hydrogen) atoms. The number of nitrogens with one attached hydrogen (secondary N) is 2. The van der Waals surface area contributed by atoms with Crippen molar-refractivity contribution in [3.63, 3.8) is 0 Å². The van der Waals surface area contributed by atoms with Crippen molar-refractivity contribution in [1.29, 1.82) is 0 Å². The number of para-hydroxylation sites is 1. The number of methoxy groups -OCH3 is 1. The second kappa shape index (κ2) is 7.45. The summed E-state index contributed by atoms with van der Waals surface area (Å²) in [5, 5.41) is 6.48.